The van der Waals surface area contributed by atoms with Crippen LogP contribution in [0, 0.1) is 40.4 Å². The van der Waals surface area contributed by atoms with Crippen LogP contribution >= 0.6 is 15.9 Å². The molecule has 2 aromatic rings. The Morgan fingerprint density at radius 3 is 1.95 bits per heavy atom. The largest absolute Gasteiger partial charge is 0.349 e. The number of hydrogen-bond acceptors (Lipinski definition) is 2. The van der Waals surface area contributed by atoms with Crippen molar-refractivity contribution in [1.29, 1.82) is 5.26 Å². The van der Waals surface area contributed by atoms with Crippen molar-refractivity contribution in [3.63, 3.8) is 0 Å². The highest BCUT2D eigenvalue weighted by atomic mass is 79.9. The summed E-state index contributed by atoms with van der Waals surface area (Å²) in [6.07, 6.45) is 0. The summed E-state index contributed by atoms with van der Waals surface area (Å²) in [6.45, 7) is 0. The average molecular weight is 363 g/mol. The van der Waals surface area contributed by atoms with Gasteiger partial charge in [0.05, 0.1) is 11.3 Å². The van der Waals surface area contributed by atoms with Crippen LogP contribution in [-0.4, -0.2) is 0 Å². The number of benzene rings is 2. The summed E-state index contributed by atoms with van der Waals surface area (Å²) in [4.78, 5) is 0. The molecule has 0 bridgehead atoms. The third kappa shape index (κ3) is 2.56. The maximum atomic E-state index is 13.5. The predicted molar refractivity (Wildman–Crippen MR) is 68.4 cm³/mol. The molecule has 0 heterocycles. The van der Waals surface area contributed by atoms with Crippen LogP contribution in [0.4, 0.5) is 33.3 Å². The smallest absolute Gasteiger partial charge is 0.200 e. The zero-order valence-corrected chi connectivity index (χ0v) is 11.5. The fourth-order valence-corrected chi connectivity index (χ4v) is 2.05. The van der Waals surface area contributed by atoms with Crippen molar-refractivity contribution in [2.24, 2.45) is 0 Å². The normalized spacial score (nSPS) is 10.3. The first-order chi connectivity index (χ1) is 9.88. The molecule has 2 aromatic carbocycles. The SMILES string of the molecule is N#Cc1c(Br)cccc1Nc1c(F)c(F)c(F)c(F)c1F. The molecule has 0 unspecified atom stereocenters. The molecule has 0 aliphatic rings. The molecule has 0 atom stereocenters. The van der Waals surface area contributed by atoms with Crippen molar-refractivity contribution in [2.45, 2.75) is 0 Å². The van der Waals surface area contributed by atoms with E-state index in [2.05, 4.69) is 21.2 Å². The number of nitrogens with zero attached hydrogens (tertiary/aromatic N) is 1. The molecule has 21 heavy (non-hydrogen) atoms. The molecule has 0 radical (unpaired) electrons. The molecular weight excluding hydrogens is 359 g/mol. The standard InChI is InChI=1S/C13H4BrF5N2/c14-6-2-1-3-7(5(6)4-20)21-13-11(18)9(16)8(15)10(17)12(13)19/h1-3,21H. The lowest BCUT2D eigenvalue weighted by atomic mass is 10.1. The minimum Gasteiger partial charge on any atom is -0.349 e. The zero-order valence-electron chi connectivity index (χ0n) is 9.95. The second kappa shape index (κ2) is 5.69. The average Bonchev–Trinajstić information content (AvgIpc) is 2.47. The van der Waals surface area contributed by atoms with Crippen molar-refractivity contribution in [2.75, 3.05) is 5.32 Å². The molecule has 0 fully saturated rings. The van der Waals surface area contributed by atoms with E-state index in [9.17, 15) is 22.0 Å². The van der Waals surface area contributed by atoms with Gasteiger partial charge in [0.2, 0.25) is 5.82 Å². The van der Waals surface area contributed by atoms with Gasteiger partial charge in [-0.15, -0.1) is 0 Å². The van der Waals surface area contributed by atoms with E-state index in [0.29, 0.717) is 4.47 Å². The maximum Gasteiger partial charge on any atom is 0.200 e. The second-order valence-electron chi connectivity index (χ2n) is 3.84. The topological polar surface area (TPSA) is 35.8 Å². The Morgan fingerprint density at radius 1 is 0.905 bits per heavy atom. The fourth-order valence-electron chi connectivity index (χ4n) is 1.59. The van der Waals surface area contributed by atoms with Gasteiger partial charge in [-0.2, -0.15) is 5.26 Å². The first-order valence-corrected chi connectivity index (χ1v) is 6.14. The third-order valence-corrected chi connectivity index (χ3v) is 3.26. The number of nitrogens with one attached hydrogen (secondary N) is 1. The van der Waals surface area contributed by atoms with Gasteiger partial charge in [-0.25, -0.2) is 22.0 Å². The Balaban J connectivity index is 2.62. The van der Waals surface area contributed by atoms with E-state index in [1.165, 1.54) is 18.2 Å². The first-order valence-electron chi connectivity index (χ1n) is 5.35. The summed E-state index contributed by atoms with van der Waals surface area (Å²) in [5.41, 5.74) is -1.36. The lowest BCUT2D eigenvalue weighted by molar-refractivity contribution is 0.382. The Bertz CT molecular complexity index is 741. The zero-order chi connectivity index (χ0) is 15.7. The molecule has 0 saturated heterocycles. The van der Waals surface area contributed by atoms with E-state index in [1.54, 1.807) is 6.07 Å². The van der Waals surface area contributed by atoms with Crippen LogP contribution in [0.25, 0.3) is 0 Å². The molecule has 0 spiro atoms. The first kappa shape index (κ1) is 15.3. The molecule has 1 N–H and O–H groups in total. The van der Waals surface area contributed by atoms with Gasteiger partial charge < -0.3 is 5.32 Å². The summed E-state index contributed by atoms with van der Waals surface area (Å²) in [5.74, 6) is -10.4. The van der Waals surface area contributed by atoms with E-state index in [-0.39, 0.29) is 11.3 Å². The maximum absolute atomic E-state index is 13.5. The molecule has 8 heteroatoms. The third-order valence-electron chi connectivity index (χ3n) is 2.59. The van der Waals surface area contributed by atoms with E-state index in [4.69, 9.17) is 5.26 Å². The highest BCUT2D eigenvalue weighted by Gasteiger charge is 2.26. The minimum absolute atomic E-state index is 0.0403. The quantitative estimate of drug-likeness (QED) is 0.475. The number of nitriles is 1. The lowest BCUT2D eigenvalue weighted by Crippen LogP contribution is -2.07. The summed E-state index contributed by atoms with van der Waals surface area (Å²) < 4.78 is 66.5. The van der Waals surface area contributed by atoms with Crippen LogP contribution in [0.2, 0.25) is 0 Å². The van der Waals surface area contributed by atoms with E-state index in [1.807, 2.05) is 0 Å². The Morgan fingerprint density at radius 2 is 1.43 bits per heavy atom. The molecule has 0 saturated carbocycles. The van der Waals surface area contributed by atoms with Gasteiger partial charge in [-0.3, -0.25) is 0 Å². The summed E-state index contributed by atoms with van der Waals surface area (Å²) in [6, 6.07) is 5.93. The predicted octanol–water partition coefficient (Wildman–Crippen LogP) is 4.76. The summed E-state index contributed by atoms with van der Waals surface area (Å²) >= 11 is 3.04. The van der Waals surface area contributed by atoms with Crippen molar-refractivity contribution in [3.8, 4) is 6.07 Å². The van der Waals surface area contributed by atoms with Crippen LogP contribution in [0.1, 0.15) is 5.56 Å². The van der Waals surface area contributed by atoms with Crippen LogP contribution in [0.15, 0.2) is 22.7 Å². The van der Waals surface area contributed by atoms with E-state index in [0.717, 1.165) is 0 Å². The fraction of sp³-hybridized carbons (Fsp3) is 0. The van der Waals surface area contributed by atoms with Gasteiger partial charge in [0.15, 0.2) is 23.3 Å². The van der Waals surface area contributed by atoms with Crippen molar-refractivity contribution >= 4 is 27.3 Å². The van der Waals surface area contributed by atoms with Gasteiger partial charge in [-0.1, -0.05) is 6.07 Å². The molecule has 0 amide bonds. The van der Waals surface area contributed by atoms with Crippen molar-refractivity contribution in [1.82, 2.24) is 0 Å². The van der Waals surface area contributed by atoms with Crippen molar-refractivity contribution < 1.29 is 22.0 Å². The molecule has 2 rings (SSSR count). The van der Waals surface area contributed by atoms with Crippen LogP contribution in [-0.2, 0) is 0 Å². The Kier molecular flexibility index (Phi) is 4.14. The summed E-state index contributed by atoms with van der Waals surface area (Å²) in [7, 11) is 0. The summed E-state index contributed by atoms with van der Waals surface area (Å²) in [5, 5.41) is 11.0. The van der Waals surface area contributed by atoms with E-state index < -0.39 is 34.8 Å². The highest BCUT2D eigenvalue weighted by Crippen LogP contribution is 2.32. The number of hydrogen-bond donors (Lipinski definition) is 1. The Labute approximate surface area is 123 Å². The van der Waals surface area contributed by atoms with Crippen LogP contribution < -0.4 is 5.32 Å². The molecular formula is C13H4BrF5N2. The second-order valence-corrected chi connectivity index (χ2v) is 4.70. The van der Waals surface area contributed by atoms with Gasteiger partial charge in [0, 0.05) is 4.47 Å². The molecule has 0 aliphatic carbocycles. The van der Waals surface area contributed by atoms with Crippen LogP contribution in [0.3, 0.4) is 0 Å². The van der Waals surface area contributed by atoms with Gasteiger partial charge in [0.25, 0.3) is 0 Å². The molecule has 108 valence electrons. The Hall–Kier alpha value is -2.14. The highest BCUT2D eigenvalue weighted by molar-refractivity contribution is 9.10. The van der Waals surface area contributed by atoms with Gasteiger partial charge in [0.1, 0.15) is 11.8 Å². The van der Waals surface area contributed by atoms with E-state index >= 15 is 0 Å². The number of anilines is 2. The number of halogens is 6. The molecule has 0 aromatic heterocycles. The minimum atomic E-state index is -2.25. The van der Waals surface area contributed by atoms with Gasteiger partial charge in [-0.05, 0) is 28.1 Å². The van der Waals surface area contributed by atoms with Crippen LogP contribution in [0.5, 0.6) is 0 Å². The van der Waals surface area contributed by atoms with Gasteiger partial charge >= 0.3 is 0 Å². The lowest BCUT2D eigenvalue weighted by Gasteiger charge is -2.12. The van der Waals surface area contributed by atoms with Crippen molar-refractivity contribution in [3.05, 3.63) is 57.3 Å². The molecule has 2 nitrogen and oxygen atoms in total. The monoisotopic (exact) mass is 362 g/mol. The number of rotatable bonds is 2. The molecule has 0 aliphatic heterocycles.